The number of benzene rings is 2. The number of hydrazone groups is 1. The molecule has 25 heavy (non-hydrogen) atoms. The second-order valence-corrected chi connectivity index (χ2v) is 7.52. The molecule has 2 aromatic rings. The van der Waals surface area contributed by atoms with Crippen molar-refractivity contribution in [2.45, 2.75) is 6.61 Å². The largest absolute Gasteiger partial charge is 0.487 e. The molecule has 2 aromatic carbocycles. The van der Waals surface area contributed by atoms with Gasteiger partial charge in [0.1, 0.15) is 12.4 Å². The molecule has 0 atom stereocenters. The topological polar surface area (TPSA) is 103 Å². The lowest BCUT2D eigenvalue weighted by atomic mass is 10.2. The predicted molar refractivity (Wildman–Crippen MR) is 117 cm³/mol. The maximum atomic E-state index is 10.7. The highest BCUT2D eigenvalue weighted by Gasteiger charge is 2.10. The van der Waals surface area contributed by atoms with Gasteiger partial charge < -0.3 is 10.5 Å². The van der Waals surface area contributed by atoms with E-state index >= 15 is 0 Å². The number of nitro groups is 1. The van der Waals surface area contributed by atoms with E-state index in [2.05, 4.69) is 67.9 Å². The van der Waals surface area contributed by atoms with Crippen LogP contribution in [0.5, 0.6) is 5.75 Å². The summed E-state index contributed by atoms with van der Waals surface area (Å²) in [4.78, 5) is 10.2. The van der Waals surface area contributed by atoms with E-state index in [4.69, 9.17) is 10.5 Å². The number of nitrogens with two attached hydrogens (primary N) is 1. The predicted octanol–water partition coefficient (Wildman–Crippen LogP) is 3.55. The van der Waals surface area contributed by atoms with Gasteiger partial charge in [0.05, 0.1) is 18.3 Å². The lowest BCUT2D eigenvalue weighted by Crippen LogP contribution is -2.24. The number of rotatable bonds is 6. The van der Waals surface area contributed by atoms with Gasteiger partial charge in [0.15, 0.2) is 5.11 Å². The van der Waals surface area contributed by atoms with Crippen LogP contribution >= 0.6 is 57.4 Å². The summed E-state index contributed by atoms with van der Waals surface area (Å²) in [7, 11) is 0. The molecule has 0 heterocycles. The van der Waals surface area contributed by atoms with Gasteiger partial charge in [0.2, 0.25) is 0 Å². The number of thiocarbonyl (C=S) groups is 1. The van der Waals surface area contributed by atoms with Gasteiger partial charge in [0, 0.05) is 12.1 Å². The molecule has 7 nitrogen and oxygen atoms in total. The molecule has 0 saturated carbocycles. The SMILES string of the molecule is NC(=S)N/N=C\c1cc(I)c(OCc2ccc([N+](=O)[O-])cc2)c(I)c1. The number of nitro benzene ring substituents is 1. The summed E-state index contributed by atoms with van der Waals surface area (Å²) in [5, 5.41) is 14.7. The molecular formula is C15H12I2N4O3S. The van der Waals surface area contributed by atoms with Crippen LogP contribution in [0.3, 0.4) is 0 Å². The first-order chi connectivity index (χ1) is 11.9. The zero-order chi connectivity index (χ0) is 18.4. The van der Waals surface area contributed by atoms with Gasteiger partial charge in [-0.3, -0.25) is 15.5 Å². The molecule has 0 amide bonds. The molecule has 2 rings (SSSR count). The monoisotopic (exact) mass is 582 g/mol. The van der Waals surface area contributed by atoms with E-state index < -0.39 is 4.92 Å². The van der Waals surface area contributed by atoms with Crippen molar-refractivity contribution in [3.8, 4) is 5.75 Å². The molecular weight excluding hydrogens is 570 g/mol. The van der Waals surface area contributed by atoms with Gasteiger partial charge in [-0.2, -0.15) is 5.10 Å². The first-order valence-corrected chi connectivity index (χ1v) is 9.37. The van der Waals surface area contributed by atoms with Gasteiger partial charge in [-0.05, 0) is 92.8 Å². The number of hydrogen-bond acceptors (Lipinski definition) is 5. The third kappa shape index (κ3) is 6.04. The number of nitrogens with zero attached hydrogens (tertiary/aromatic N) is 2. The summed E-state index contributed by atoms with van der Waals surface area (Å²) in [5.41, 5.74) is 9.59. The van der Waals surface area contributed by atoms with Gasteiger partial charge in [-0.25, -0.2) is 0 Å². The average molecular weight is 582 g/mol. The minimum Gasteiger partial charge on any atom is -0.487 e. The van der Waals surface area contributed by atoms with Crippen LogP contribution in [-0.4, -0.2) is 16.3 Å². The van der Waals surface area contributed by atoms with Crippen LogP contribution in [0.15, 0.2) is 41.5 Å². The van der Waals surface area contributed by atoms with E-state index in [1.54, 1.807) is 18.3 Å². The van der Waals surface area contributed by atoms with Crippen LogP contribution in [-0.2, 0) is 6.61 Å². The third-order valence-corrected chi connectivity index (χ3v) is 4.63. The van der Waals surface area contributed by atoms with Crippen LogP contribution in [0.4, 0.5) is 5.69 Å². The fourth-order valence-electron chi connectivity index (χ4n) is 1.83. The van der Waals surface area contributed by atoms with Crippen molar-refractivity contribution in [2.75, 3.05) is 0 Å². The molecule has 0 bridgehead atoms. The molecule has 130 valence electrons. The van der Waals surface area contributed by atoms with Crippen molar-refractivity contribution < 1.29 is 9.66 Å². The number of halogens is 2. The van der Waals surface area contributed by atoms with E-state index in [9.17, 15) is 10.1 Å². The zero-order valence-electron chi connectivity index (χ0n) is 12.6. The minimum absolute atomic E-state index is 0.0575. The second-order valence-electron chi connectivity index (χ2n) is 4.76. The van der Waals surface area contributed by atoms with Gasteiger partial charge in [-0.1, -0.05) is 0 Å². The molecule has 0 aliphatic heterocycles. The van der Waals surface area contributed by atoms with Gasteiger partial charge >= 0.3 is 0 Å². The highest BCUT2D eigenvalue weighted by atomic mass is 127. The normalized spacial score (nSPS) is 10.6. The molecule has 0 saturated heterocycles. The van der Waals surface area contributed by atoms with E-state index in [1.807, 2.05) is 12.1 Å². The Hall–Kier alpha value is -1.54. The molecule has 0 radical (unpaired) electrons. The minimum atomic E-state index is -0.428. The Morgan fingerprint density at radius 3 is 2.44 bits per heavy atom. The van der Waals surface area contributed by atoms with Crippen LogP contribution in [0, 0.1) is 17.3 Å². The molecule has 0 fully saturated rings. The molecule has 0 unspecified atom stereocenters. The van der Waals surface area contributed by atoms with Crippen molar-refractivity contribution in [2.24, 2.45) is 10.8 Å². The van der Waals surface area contributed by atoms with Crippen molar-refractivity contribution in [3.05, 3.63) is 64.8 Å². The lowest BCUT2D eigenvalue weighted by molar-refractivity contribution is -0.384. The quantitative estimate of drug-likeness (QED) is 0.178. The maximum Gasteiger partial charge on any atom is 0.269 e. The summed E-state index contributed by atoms with van der Waals surface area (Å²) >= 11 is 9.04. The summed E-state index contributed by atoms with van der Waals surface area (Å²) in [6.45, 7) is 0.320. The highest BCUT2D eigenvalue weighted by molar-refractivity contribution is 14.1. The van der Waals surface area contributed by atoms with Crippen LogP contribution in [0.25, 0.3) is 0 Å². The number of nitrogens with one attached hydrogen (secondary N) is 1. The molecule has 0 spiro atoms. The third-order valence-electron chi connectivity index (χ3n) is 2.94. The zero-order valence-corrected chi connectivity index (χ0v) is 17.7. The van der Waals surface area contributed by atoms with Gasteiger partial charge in [0.25, 0.3) is 5.69 Å². The Morgan fingerprint density at radius 2 is 1.92 bits per heavy atom. The second kappa shape index (κ2) is 9.24. The average Bonchev–Trinajstić information content (AvgIpc) is 2.54. The highest BCUT2D eigenvalue weighted by Crippen LogP contribution is 2.29. The molecule has 3 N–H and O–H groups in total. The first kappa shape index (κ1) is 19.8. The summed E-state index contributed by atoms with van der Waals surface area (Å²) in [6, 6.07) is 10.1. The Kier molecular flexibility index (Phi) is 7.31. The molecule has 0 aromatic heterocycles. The lowest BCUT2D eigenvalue weighted by Gasteiger charge is -2.11. The van der Waals surface area contributed by atoms with Crippen molar-refractivity contribution >= 4 is 74.4 Å². The summed E-state index contributed by atoms with van der Waals surface area (Å²) in [5.74, 6) is 0.749. The standard InChI is InChI=1S/C15H12I2N4O3S/c16-12-5-10(7-19-20-15(18)25)6-13(17)14(12)24-8-9-1-3-11(4-2-9)21(22)23/h1-7H,8H2,(H3,18,20,25)/b19-7-. The van der Waals surface area contributed by atoms with Crippen LogP contribution in [0.1, 0.15) is 11.1 Å². The van der Waals surface area contributed by atoms with Gasteiger partial charge in [-0.15, -0.1) is 0 Å². The Balaban J connectivity index is 2.08. The van der Waals surface area contributed by atoms with Crippen molar-refractivity contribution in [1.29, 1.82) is 0 Å². The van der Waals surface area contributed by atoms with Crippen LogP contribution in [0.2, 0.25) is 0 Å². The van der Waals surface area contributed by atoms with Crippen molar-refractivity contribution in [1.82, 2.24) is 5.43 Å². The summed E-state index contributed by atoms with van der Waals surface area (Å²) in [6.07, 6.45) is 1.61. The Morgan fingerprint density at radius 1 is 1.32 bits per heavy atom. The fourth-order valence-corrected chi connectivity index (χ4v) is 4.01. The van der Waals surface area contributed by atoms with E-state index in [1.165, 1.54) is 12.1 Å². The Bertz CT molecular complexity index is 805. The fraction of sp³-hybridized carbons (Fsp3) is 0.0667. The van der Waals surface area contributed by atoms with E-state index in [0.717, 1.165) is 24.0 Å². The number of ether oxygens (including phenoxy) is 1. The van der Waals surface area contributed by atoms with E-state index in [-0.39, 0.29) is 10.8 Å². The Labute approximate surface area is 176 Å². The summed E-state index contributed by atoms with van der Waals surface area (Å²) < 4.78 is 7.71. The molecule has 10 heteroatoms. The smallest absolute Gasteiger partial charge is 0.269 e. The first-order valence-electron chi connectivity index (χ1n) is 6.80. The molecule has 0 aliphatic rings. The van der Waals surface area contributed by atoms with Crippen molar-refractivity contribution in [3.63, 3.8) is 0 Å². The molecule has 0 aliphatic carbocycles. The number of hydrogen-bond donors (Lipinski definition) is 2. The van der Waals surface area contributed by atoms with Crippen LogP contribution < -0.4 is 15.9 Å². The number of non-ortho nitro benzene ring substituents is 1. The van der Waals surface area contributed by atoms with E-state index in [0.29, 0.717) is 6.61 Å². The maximum absolute atomic E-state index is 10.7.